The van der Waals surface area contributed by atoms with Gasteiger partial charge in [-0.25, -0.2) is 4.98 Å². The number of hydrogen-bond acceptors (Lipinski definition) is 4. The van der Waals surface area contributed by atoms with E-state index in [1.54, 1.807) is 12.1 Å². The smallest absolute Gasteiger partial charge is 0.308 e. The van der Waals surface area contributed by atoms with Crippen LogP contribution in [0.15, 0.2) is 12.1 Å². The number of nitriles is 1. The molecule has 2 atom stereocenters. The molecule has 0 aromatic carbocycles. The molecule has 0 bridgehead atoms. The number of pyridine rings is 1. The Morgan fingerprint density at radius 1 is 1.56 bits per heavy atom. The van der Waals surface area contributed by atoms with Crippen LogP contribution in [0.2, 0.25) is 0 Å². The van der Waals surface area contributed by atoms with Gasteiger partial charge in [-0.05, 0) is 25.0 Å². The SMILES string of the molecule is Cc1ccc(C#N)c(N2C[C@@H](C)[C@H](C(=O)O)C2)n1. The van der Waals surface area contributed by atoms with E-state index < -0.39 is 5.97 Å². The van der Waals surface area contributed by atoms with Crippen LogP contribution in [0.4, 0.5) is 5.82 Å². The Kier molecular flexibility index (Phi) is 3.19. The Balaban J connectivity index is 2.32. The van der Waals surface area contributed by atoms with Crippen LogP contribution in [-0.2, 0) is 4.79 Å². The summed E-state index contributed by atoms with van der Waals surface area (Å²) in [6.07, 6.45) is 0. The van der Waals surface area contributed by atoms with Crippen LogP contribution in [0.25, 0.3) is 0 Å². The molecule has 1 N–H and O–H groups in total. The molecule has 0 amide bonds. The van der Waals surface area contributed by atoms with Crippen molar-refractivity contribution >= 4 is 11.8 Å². The van der Waals surface area contributed by atoms with Gasteiger partial charge in [0, 0.05) is 18.8 Å². The second-order valence-electron chi connectivity index (χ2n) is 4.76. The summed E-state index contributed by atoms with van der Waals surface area (Å²) in [5.74, 6) is -0.500. The minimum absolute atomic E-state index is 0.0661. The zero-order chi connectivity index (χ0) is 13.3. The topological polar surface area (TPSA) is 77.2 Å². The van der Waals surface area contributed by atoms with E-state index in [0.29, 0.717) is 24.5 Å². The van der Waals surface area contributed by atoms with Gasteiger partial charge in [0.05, 0.1) is 11.5 Å². The zero-order valence-electron chi connectivity index (χ0n) is 10.4. The number of anilines is 1. The van der Waals surface area contributed by atoms with Crippen molar-refractivity contribution in [2.24, 2.45) is 11.8 Å². The number of rotatable bonds is 2. The molecule has 0 spiro atoms. The van der Waals surface area contributed by atoms with Crippen LogP contribution in [0, 0.1) is 30.1 Å². The fourth-order valence-corrected chi connectivity index (χ4v) is 2.33. The van der Waals surface area contributed by atoms with Crippen molar-refractivity contribution in [2.75, 3.05) is 18.0 Å². The van der Waals surface area contributed by atoms with E-state index in [1.165, 1.54) is 0 Å². The van der Waals surface area contributed by atoms with Crippen LogP contribution >= 0.6 is 0 Å². The summed E-state index contributed by atoms with van der Waals surface area (Å²) in [5, 5.41) is 18.2. The summed E-state index contributed by atoms with van der Waals surface area (Å²) < 4.78 is 0. The summed E-state index contributed by atoms with van der Waals surface area (Å²) in [5.41, 5.74) is 1.33. The molecule has 1 fully saturated rings. The predicted molar refractivity (Wildman–Crippen MR) is 66.2 cm³/mol. The molecule has 5 heteroatoms. The van der Waals surface area contributed by atoms with Crippen molar-refractivity contribution in [1.82, 2.24) is 4.98 Å². The van der Waals surface area contributed by atoms with E-state index in [9.17, 15) is 4.79 Å². The molecule has 18 heavy (non-hydrogen) atoms. The van der Waals surface area contributed by atoms with Crippen molar-refractivity contribution < 1.29 is 9.90 Å². The first-order valence-corrected chi connectivity index (χ1v) is 5.88. The van der Waals surface area contributed by atoms with E-state index in [2.05, 4.69) is 11.1 Å². The van der Waals surface area contributed by atoms with E-state index in [0.717, 1.165) is 5.69 Å². The average molecular weight is 245 g/mol. The van der Waals surface area contributed by atoms with E-state index >= 15 is 0 Å². The van der Waals surface area contributed by atoms with Crippen molar-refractivity contribution in [3.05, 3.63) is 23.4 Å². The van der Waals surface area contributed by atoms with Crippen LogP contribution < -0.4 is 4.90 Å². The summed E-state index contributed by atoms with van der Waals surface area (Å²) in [4.78, 5) is 17.4. The molecule has 1 aliphatic heterocycles. The van der Waals surface area contributed by atoms with Crippen molar-refractivity contribution in [1.29, 1.82) is 5.26 Å². The monoisotopic (exact) mass is 245 g/mol. The lowest BCUT2D eigenvalue weighted by atomic mass is 9.99. The normalized spacial score (nSPS) is 22.8. The first-order valence-electron chi connectivity index (χ1n) is 5.88. The van der Waals surface area contributed by atoms with Gasteiger partial charge < -0.3 is 10.0 Å². The largest absolute Gasteiger partial charge is 0.481 e. The summed E-state index contributed by atoms with van der Waals surface area (Å²) in [7, 11) is 0. The lowest BCUT2D eigenvalue weighted by molar-refractivity contribution is -0.142. The standard InChI is InChI=1S/C13H15N3O2/c1-8-6-16(7-11(8)13(17)18)12-10(5-14)4-3-9(2)15-12/h3-4,8,11H,6-7H2,1-2H3,(H,17,18)/t8-,11-/m1/s1. The summed E-state index contributed by atoms with van der Waals surface area (Å²) >= 11 is 0. The number of hydrogen-bond donors (Lipinski definition) is 1. The van der Waals surface area contributed by atoms with Gasteiger partial charge in [-0.15, -0.1) is 0 Å². The van der Waals surface area contributed by atoms with Crippen LogP contribution in [0.5, 0.6) is 0 Å². The van der Waals surface area contributed by atoms with E-state index in [-0.39, 0.29) is 11.8 Å². The molecule has 0 aliphatic carbocycles. The molecule has 1 saturated heterocycles. The third kappa shape index (κ3) is 2.14. The molecule has 5 nitrogen and oxygen atoms in total. The fourth-order valence-electron chi connectivity index (χ4n) is 2.33. The number of carboxylic acid groups (broad SMARTS) is 1. The zero-order valence-corrected chi connectivity index (χ0v) is 10.4. The first kappa shape index (κ1) is 12.4. The number of nitrogens with zero attached hydrogens (tertiary/aromatic N) is 3. The van der Waals surface area contributed by atoms with Gasteiger partial charge in [-0.1, -0.05) is 6.92 Å². The number of aryl methyl sites for hydroxylation is 1. The quantitative estimate of drug-likeness (QED) is 0.852. The minimum Gasteiger partial charge on any atom is -0.481 e. The second kappa shape index (κ2) is 4.65. The summed E-state index contributed by atoms with van der Waals surface area (Å²) in [6.45, 7) is 4.82. The molecule has 0 saturated carbocycles. The van der Waals surface area contributed by atoms with Crippen molar-refractivity contribution in [3.8, 4) is 6.07 Å². The Labute approximate surface area is 106 Å². The molecule has 1 aromatic rings. The number of carbonyl (C=O) groups is 1. The Bertz CT molecular complexity index is 521. The second-order valence-corrected chi connectivity index (χ2v) is 4.76. The highest BCUT2D eigenvalue weighted by Crippen LogP contribution is 2.29. The molecular weight excluding hydrogens is 230 g/mol. The minimum atomic E-state index is -0.781. The third-order valence-corrected chi connectivity index (χ3v) is 3.36. The molecule has 2 rings (SSSR count). The van der Waals surface area contributed by atoms with Gasteiger partial charge >= 0.3 is 5.97 Å². The van der Waals surface area contributed by atoms with Crippen LogP contribution in [0.3, 0.4) is 0 Å². The molecule has 0 unspecified atom stereocenters. The van der Waals surface area contributed by atoms with Gasteiger partial charge in [0.15, 0.2) is 0 Å². The fraction of sp³-hybridized carbons (Fsp3) is 0.462. The van der Waals surface area contributed by atoms with Crippen molar-refractivity contribution in [2.45, 2.75) is 13.8 Å². The highest BCUT2D eigenvalue weighted by Gasteiger charge is 2.36. The van der Waals surface area contributed by atoms with Gasteiger partial charge in [0.1, 0.15) is 11.9 Å². The maximum Gasteiger partial charge on any atom is 0.308 e. The van der Waals surface area contributed by atoms with Gasteiger partial charge in [-0.3, -0.25) is 4.79 Å². The van der Waals surface area contributed by atoms with Crippen molar-refractivity contribution in [3.63, 3.8) is 0 Å². The number of aromatic nitrogens is 1. The predicted octanol–water partition coefficient (Wildman–Crippen LogP) is 1.42. The third-order valence-electron chi connectivity index (χ3n) is 3.36. The molecular formula is C13H15N3O2. The summed E-state index contributed by atoms with van der Waals surface area (Å²) in [6, 6.07) is 5.63. The maximum atomic E-state index is 11.1. The van der Waals surface area contributed by atoms with Gasteiger partial charge in [-0.2, -0.15) is 5.26 Å². The molecule has 94 valence electrons. The van der Waals surface area contributed by atoms with E-state index in [1.807, 2.05) is 18.7 Å². The lowest BCUT2D eigenvalue weighted by Crippen LogP contribution is -2.24. The van der Waals surface area contributed by atoms with Gasteiger partial charge in [0.2, 0.25) is 0 Å². The lowest BCUT2D eigenvalue weighted by Gasteiger charge is -2.18. The molecule has 2 heterocycles. The highest BCUT2D eigenvalue weighted by molar-refractivity contribution is 5.72. The highest BCUT2D eigenvalue weighted by atomic mass is 16.4. The van der Waals surface area contributed by atoms with Crippen LogP contribution in [0.1, 0.15) is 18.2 Å². The Morgan fingerprint density at radius 3 is 2.83 bits per heavy atom. The molecule has 0 radical (unpaired) electrons. The Morgan fingerprint density at radius 2 is 2.28 bits per heavy atom. The molecule has 1 aromatic heterocycles. The molecule has 1 aliphatic rings. The average Bonchev–Trinajstić information content (AvgIpc) is 2.71. The number of aliphatic carboxylic acids is 1. The maximum absolute atomic E-state index is 11.1. The number of carboxylic acids is 1. The van der Waals surface area contributed by atoms with Gasteiger partial charge in [0.25, 0.3) is 0 Å². The first-order chi connectivity index (χ1) is 8.52. The Hall–Kier alpha value is -2.09. The van der Waals surface area contributed by atoms with E-state index in [4.69, 9.17) is 10.4 Å². The van der Waals surface area contributed by atoms with Crippen LogP contribution in [-0.4, -0.2) is 29.1 Å².